The first-order valence-corrected chi connectivity index (χ1v) is 10.5. The maximum absolute atomic E-state index is 12.9. The highest BCUT2D eigenvalue weighted by atomic mass is 32.2. The van der Waals surface area contributed by atoms with E-state index in [0.717, 1.165) is 4.88 Å². The number of sulfonamides is 1. The lowest BCUT2D eigenvalue weighted by Gasteiger charge is -2.17. The van der Waals surface area contributed by atoms with Crippen LogP contribution in [0.15, 0.2) is 64.9 Å². The van der Waals surface area contributed by atoms with Crippen LogP contribution < -0.4 is 10.1 Å². The van der Waals surface area contributed by atoms with Crippen LogP contribution in [0.2, 0.25) is 0 Å². The second-order valence-electron chi connectivity index (χ2n) is 6.05. The van der Waals surface area contributed by atoms with Crippen molar-refractivity contribution in [1.29, 1.82) is 0 Å². The van der Waals surface area contributed by atoms with E-state index in [2.05, 4.69) is 5.32 Å². The first-order valence-electron chi connectivity index (χ1n) is 8.16. The predicted octanol–water partition coefficient (Wildman–Crippen LogP) is 3.93. The summed E-state index contributed by atoms with van der Waals surface area (Å²) in [6, 6.07) is 15.1. The van der Waals surface area contributed by atoms with Crippen molar-refractivity contribution in [3.05, 3.63) is 70.4 Å². The van der Waals surface area contributed by atoms with Gasteiger partial charge in [-0.1, -0.05) is 18.2 Å². The summed E-state index contributed by atoms with van der Waals surface area (Å²) in [5.41, 5.74) is 0.717. The fourth-order valence-corrected chi connectivity index (χ4v) is 4.80. The number of anilines is 1. The van der Waals surface area contributed by atoms with Gasteiger partial charge in [-0.25, -0.2) is 8.42 Å². The normalized spacial score (nSPS) is 13.3. The highest BCUT2D eigenvalue weighted by Crippen LogP contribution is 2.36. The minimum Gasteiger partial charge on any atom is -0.454 e. The molecule has 6 nitrogen and oxygen atoms in total. The number of carbonyl (C=O) groups is 1. The number of benzene rings is 2. The van der Waals surface area contributed by atoms with Crippen LogP contribution in [0, 0.1) is 0 Å². The lowest BCUT2D eigenvalue weighted by molar-refractivity contribution is 0.102. The van der Waals surface area contributed by atoms with Crippen LogP contribution in [0.3, 0.4) is 0 Å². The molecule has 1 aliphatic heterocycles. The highest BCUT2D eigenvalue weighted by molar-refractivity contribution is 7.89. The van der Waals surface area contributed by atoms with Crippen molar-refractivity contribution < 1.29 is 17.9 Å². The number of fused-ring (bicyclic) bond motifs is 2. The zero-order valence-electron chi connectivity index (χ0n) is 14.4. The Morgan fingerprint density at radius 1 is 1.07 bits per heavy atom. The summed E-state index contributed by atoms with van der Waals surface area (Å²) in [6.07, 6.45) is 0. The summed E-state index contributed by atoms with van der Waals surface area (Å²) < 4.78 is 32.9. The molecule has 2 heterocycles. The monoisotopic (exact) mass is 400 g/mol. The van der Waals surface area contributed by atoms with E-state index in [1.54, 1.807) is 24.3 Å². The first-order chi connectivity index (χ1) is 12.9. The average Bonchev–Trinajstić information content (AvgIpc) is 3.11. The lowest BCUT2D eigenvalue weighted by Crippen LogP contribution is -2.26. The first kappa shape index (κ1) is 17.7. The lowest BCUT2D eigenvalue weighted by atomic mass is 10.2. The standard InChI is InChI=1S/C19H16N2O4S2/c1-21(12-13-5-4-10-26-13)27(23,24)14-8-9-17-15(11-14)19(22)20-16-6-2-3-7-18(16)25-17/h2-11H,12H2,1H3,(H,20,22). The Labute approximate surface area is 161 Å². The summed E-state index contributed by atoms with van der Waals surface area (Å²) in [4.78, 5) is 13.6. The maximum atomic E-state index is 12.9. The van der Waals surface area contributed by atoms with Gasteiger partial charge in [0, 0.05) is 18.5 Å². The molecule has 0 spiro atoms. The molecule has 0 unspecified atom stereocenters. The van der Waals surface area contributed by atoms with Crippen molar-refractivity contribution in [3.63, 3.8) is 0 Å². The number of nitrogens with one attached hydrogen (secondary N) is 1. The van der Waals surface area contributed by atoms with E-state index in [1.165, 1.54) is 40.9 Å². The van der Waals surface area contributed by atoms with Gasteiger partial charge in [0.1, 0.15) is 5.75 Å². The molecular formula is C19H16N2O4S2. The highest BCUT2D eigenvalue weighted by Gasteiger charge is 2.26. The maximum Gasteiger partial charge on any atom is 0.259 e. The number of hydrogen-bond acceptors (Lipinski definition) is 5. The van der Waals surface area contributed by atoms with E-state index in [-0.39, 0.29) is 17.0 Å². The van der Waals surface area contributed by atoms with Gasteiger partial charge in [-0.05, 0) is 41.8 Å². The Morgan fingerprint density at radius 2 is 1.89 bits per heavy atom. The average molecular weight is 400 g/mol. The van der Waals surface area contributed by atoms with Gasteiger partial charge in [-0.3, -0.25) is 4.79 Å². The van der Waals surface area contributed by atoms with Gasteiger partial charge in [-0.15, -0.1) is 11.3 Å². The topological polar surface area (TPSA) is 75.7 Å². The predicted molar refractivity (Wildman–Crippen MR) is 104 cm³/mol. The van der Waals surface area contributed by atoms with E-state index in [0.29, 0.717) is 17.2 Å². The van der Waals surface area contributed by atoms with Gasteiger partial charge in [0.05, 0.1) is 16.1 Å². The molecule has 0 saturated carbocycles. The van der Waals surface area contributed by atoms with Gasteiger partial charge in [0.25, 0.3) is 5.91 Å². The number of thiophene rings is 1. The Balaban J connectivity index is 1.68. The van der Waals surface area contributed by atoms with Crippen molar-refractivity contribution in [3.8, 4) is 11.5 Å². The van der Waals surface area contributed by atoms with Crippen LogP contribution in [-0.2, 0) is 16.6 Å². The number of amides is 1. The number of rotatable bonds is 4. The van der Waals surface area contributed by atoms with Crippen LogP contribution in [-0.4, -0.2) is 25.7 Å². The van der Waals surface area contributed by atoms with Crippen molar-refractivity contribution in [2.45, 2.75) is 11.4 Å². The molecule has 1 N–H and O–H groups in total. The molecule has 4 rings (SSSR count). The molecule has 2 aromatic carbocycles. The largest absolute Gasteiger partial charge is 0.454 e. The molecule has 27 heavy (non-hydrogen) atoms. The molecule has 1 aromatic heterocycles. The Kier molecular flexibility index (Phi) is 4.47. The molecule has 0 fully saturated rings. The number of hydrogen-bond donors (Lipinski definition) is 1. The van der Waals surface area contributed by atoms with E-state index < -0.39 is 15.9 Å². The quantitative estimate of drug-likeness (QED) is 0.720. The molecular weight excluding hydrogens is 384 g/mol. The Morgan fingerprint density at radius 3 is 2.67 bits per heavy atom. The van der Waals surface area contributed by atoms with Gasteiger partial charge in [-0.2, -0.15) is 4.31 Å². The molecule has 1 amide bonds. The summed E-state index contributed by atoms with van der Waals surface area (Å²) in [5, 5.41) is 4.65. The molecule has 0 saturated heterocycles. The van der Waals surface area contributed by atoms with E-state index in [4.69, 9.17) is 4.74 Å². The smallest absolute Gasteiger partial charge is 0.259 e. The number of carbonyl (C=O) groups excluding carboxylic acids is 1. The van der Waals surface area contributed by atoms with Crippen LogP contribution in [0.25, 0.3) is 0 Å². The molecule has 3 aromatic rings. The molecule has 1 aliphatic rings. The summed E-state index contributed by atoms with van der Waals surface area (Å²) in [6.45, 7) is 0.269. The van der Waals surface area contributed by atoms with Crippen LogP contribution in [0.5, 0.6) is 11.5 Å². The van der Waals surface area contributed by atoms with E-state index in [1.807, 2.05) is 17.5 Å². The third-order valence-electron chi connectivity index (χ3n) is 4.22. The molecule has 0 aliphatic carbocycles. The van der Waals surface area contributed by atoms with Gasteiger partial charge >= 0.3 is 0 Å². The van der Waals surface area contributed by atoms with Crippen LogP contribution in [0.4, 0.5) is 5.69 Å². The van der Waals surface area contributed by atoms with Crippen molar-refractivity contribution in [2.75, 3.05) is 12.4 Å². The molecule has 8 heteroatoms. The summed E-state index contributed by atoms with van der Waals surface area (Å²) >= 11 is 1.49. The van der Waals surface area contributed by atoms with Crippen molar-refractivity contribution in [2.24, 2.45) is 0 Å². The second kappa shape index (κ2) is 6.80. The fourth-order valence-electron chi connectivity index (χ4n) is 2.79. The Bertz CT molecular complexity index is 1110. The zero-order chi connectivity index (χ0) is 19.0. The van der Waals surface area contributed by atoms with Crippen LogP contribution >= 0.6 is 11.3 Å². The minimum absolute atomic E-state index is 0.0463. The number of nitrogens with zero attached hydrogens (tertiary/aromatic N) is 1. The number of para-hydroxylation sites is 2. The third-order valence-corrected chi connectivity index (χ3v) is 6.88. The Hall–Kier alpha value is -2.68. The zero-order valence-corrected chi connectivity index (χ0v) is 16.0. The molecule has 0 radical (unpaired) electrons. The SMILES string of the molecule is CN(Cc1cccs1)S(=O)(=O)c1ccc2c(c1)C(=O)Nc1ccccc1O2. The number of ether oxygens (including phenoxy) is 1. The molecule has 0 bridgehead atoms. The van der Waals surface area contributed by atoms with Gasteiger partial charge in [0.2, 0.25) is 10.0 Å². The summed E-state index contributed by atoms with van der Waals surface area (Å²) in [5.74, 6) is 0.417. The van der Waals surface area contributed by atoms with E-state index in [9.17, 15) is 13.2 Å². The van der Waals surface area contributed by atoms with E-state index >= 15 is 0 Å². The fraction of sp³-hybridized carbons (Fsp3) is 0.105. The van der Waals surface area contributed by atoms with Gasteiger partial charge in [0.15, 0.2) is 5.75 Å². The van der Waals surface area contributed by atoms with Crippen molar-refractivity contribution in [1.82, 2.24) is 4.31 Å². The third kappa shape index (κ3) is 3.34. The summed E-state index contributed by atoms with van der Waals surface area (Å²) in [7, 11) is -2.23. The van der Waals surface area contributed by atoms with Crippen LogP contribution in [0.1, 0.15) is 15.2 Å². The second-order valence-corrected chi connectivity index (χ2v) is 9.13. The van der Waals surface area contributed by atoms with Gasteiger partial charge < -0.3 is 10.1 Å². The molecule has 138 valence electrons. The molecule has 0 atom stereocenters. The minimum atomic E-state index is -3.75. The van der Waals surface area contributed by atoms with Crippen molar-refractivity contribution >= 4 is 33.0 Å².